The summed E-state index contributed by atoms with van der Waals surface area (Å²) in [5.41, 5.74) is 2.80. The van der Waals surface area contributed by atoms with Crippen molar-refractivity contribution in [2.45, 2.75) is 38.1 Å². The molecular weight excluding hydrogens is 298 g/mol. The van der Waals surface area contributed by atoms with E-state index < -0.39 is 0 Å². The van der Waals surface area contributed by atoms with E-state index in [0.717, 1.165) is 38.9 Å². The molecule has 1 aromatic heterocycles. The molecule has 1 fully saturated rings. The highest BCUT2D eigenvalue weighted by molar-refractivity contribution is 5.97. The van der Waals surface area contributed by atoms with Crippen LogP contribution in [0.2, 0.25) is 0 Å². The fourth-order valence-electron chi connectivity index (χ4n) is 4.39. The van der Waals surface area contributed by atoms with E-state index in [2.05, 4.69) is 33.0 Å². The molecule has 3 heterocycles. The van der Waals surface area contributed by atoms with Crippen LogP contribution in [-0.4, -0.2) is 53.8 Å². The van der Waals surface area contributed by atoms with E-state index in [-0.39, 0.29) is 0 Å². The largest absolute Gasteiger partial charge is 0.396 e. The summed E-state index contributed by atoms with van der Waals surface area (Å²) in [7, 11) is 0. The number of hydrogen-bond donors (Lipinski definition) is 1. The van der Waals surface area contributed by atoms with Gasteiger partial charge in [0.05, 0.1) is 0 Å². The Morgan fingerprint density at radius 2 is 2.12 bits per heavy atom. The Labute approximate surface area is 144 Å². The summed E-state index contributed by atoms with van der Waals surface area (Å²) >= 11 is 0. The second-order valence-electron chi connectivity index (χ2n) is 7.14. The van der Waals surface area contributed by atoms with Crippen molar-refractivity contribution in [3.8, 4) is 0 Å². The van der Waals surface area contributed by atoms with Gasteiger partial charge in [-0.3, -0.25) is 4.98 Å². The highest BCUT2D eigenvalue weighted by Gasteiger charge is 2.28. The second kappa shape index (κ2) is 7.08. The Kier molecular flexibility index (Phi) is 4.67. The second-order valence-corrected chi connectivity index (χ2v) is 7.14. The molecule has 128 valence electrons. The first-order valence-corrected chi connectivity index (χ1v) is 9.32. The van der Waals surface area contributed by atoms with Gasteiger partial charge in [0.2, 0.25) is 0 Å². The molecule has 0 radical (unpaired) electrons. The minimum Gasteiger partial charge on any atom is -0.396 e. The summed E-state index contributed by atoms with van der Waals surface area (Å²) in [4.78, 5) is 9.64. The van der Waals surface area contributed by atoms with Gasteiger partial charge in [0.15, 0.2) is 0 Å². The molecule has 1 atom stereocenters. The Hall–Kier alpha value is -1.65. The van der Waals surface area contributed by atoms with Gasteiger partial charge in [-0.2, -0.15) is 0 Å². The molecule has 1 unspecified atom stereocenters. The first kappa shape index (κ1) is 15.9. The third-order valence-electron chi connectivity index (χ3n) is 5.58. The lowest BCUT2D eigenvalue weighted by molar-refractivity contribution is 0.192. The molecule has 0 spiro atoms. The first-order chi connectivity index (χ1) is 11.9. The van der Waals surface area contributed by atoms with Crippen LogP contribution in [0, 0.1) is 0 Å². The smallest absolute Gasteiger partial charge is 0.0452 e. The van der Waals surface area contributed by atoms with Crippen LogP contribution in [0.5, 0.6) is 0 Å². The van der Waals surface area contributed by atoms with Crippen LogP contribution < -0.4 is 4.90 Å². The fourth-order valence-corrected chi connectivity index (χ4v) is 4.39. The van der Waals surface area contributed by atoms with E-state index in [4.69, 9.17) is 5.11 Å². The number of pyridine rings is 1. The number of rotatable bonds is 5. The zero-order valence-corrected chi connectivity index (χ0v) is 14.3. The number of aliphatic hydroxyl groups is 1. The van der Waals surface area contributed by atoms with E-state index in [1.54, 1.807) is 0 Å². The zero-order valence-electron chi connectivity index (χ0n) is 14.3. The number of aliphatic hydroxyl groups excluding tert-OH is 1. The monoisotopic (exact) mass is 325 g/mol. The third kappa shape index (κ3) is 3.01. The highest BCUT2D eigenvalue weighted by Crippen LogP contribution is 2.36. The van der Waals surface area contributed by atoms with E-state index >= 15 is 0 Å². The van der Waals surface area contributed by atoms with Gasteiger partial charge in [0, 0.05) is 54.6 Å². The molecule has 1 N–H and O–H groups in total. The summed E-state index contributed by atoms with van der Waals surface area (Å²) in [5.74, 6) is 0. The Morgan fingerprint density at radius 1 is 1.17 bits per heavy atom. The minimum absolute atomic E-state index is 0.316. The van der Waals surface area contributed by atoms with Gasteiger partial charge in [-0.1, -0.05) is 12.1 Å². The molecule has 4 rings (SSSR count). The average Bonchev–Trinajstić information content (AvgIpc) is 2.63. The molecule has 0 saturated carbocycles. The number of benzene rings is 1. The van der Waals surface area contributed by atoms with Crippen molar-refractivity contribution in [3.63, 3.8) is 0 Å². The Morgan fingerprint density at radius 3 is 3.04 bits per heavy atom. The number of piperidine rings is 1. The quantitative estimate of drug-likeness (QED) is 0.858. The van der Waals surface area contributed by atoms with Crippen molar-refractivity contribution in [1.29, 1.82) is 0 Å². The third-order valence-corrected chi connectivity index (χ3v) is 5.58. The lowest BCUT2D eigenvalue weighted by Crippen LogP contribution is -2.49. The first-order valence-electron chi connectivity index (χ1n) is 9.32. The molecule has 0 aliphatic carbocycles. The molecule has 1 aromatic carbocycles. The van der Waals surface area contributed by atoms with E-state index in [9.17, 15) is 0 Å². The van der Waals surface area contributed by atoms with Crippen molar-refractivity contribution in [2.75, 3.05) is 37.7 Å². The fraction of sp³-hybridized carbons (Fsp3) is 0.550. The number of aromatic nitrogens is 1. The average molecular weight is 325 g/mol. The maximum Gasteiger partial charge on any atom is 0.0452 e. The number of hydrogen-bond acceptors (Lipinski definition) is 4. The predicted molar refractivity (Wildman–Crippen MR) is 98.6 cm³/mol. The van der Waals surface area contributed by atoms with E-state index in [0.29, 0.717) is 12.6 Å². The molecule has 4 nitrogen and oxygen atoms in total. The molecule has 4 heteroatoms. The topological polar surface area (TPSA) is 39.6 Å². The van der Waals surface area contributed by atoms with Crippen molar-refractivity contribution in [3.05, 3.63) is 36.2 Å². The van der Waals surface area contributed by atoms with Crippen LogP contribution >= 0.6 is 0 Å². The number of nitrogens with zero attached hydrogens (tertiary/aromatic N) is 3. The summed E-state index contributed by atoms with van der Waals surface area (Å²) in [5, 5.41) is 11.7. The molecule has 2 aromatic rings. The maximum absolute atomic E-state index is 9.00. The zero-order chi connectivity index (χ0) is 16.4. The molecule has 1 saturated heterocycles. The van der Waals surface area contributed by atoms with Gasteiger partial charge < -0.3 is 14.9 Å². The van der Waals surface area contributed by atoms with Crippen LogP contribution in [-0.2, 0) is 6.42 Å². The standard InChI is InChI=1S/C20H27N3O/c24-12-2-1-9-22-10-4-6-18(15-22)23-11-8-17-14-21-13-16-5-3-7-19(23)20(16)17/h3,5,7,13-14,18,24H,1-2,4,6,8-12,15H2. The van der Waals surface area contributed by atoms with Crippen molar-refractivity contribution >= 4 is 16.5 Å². The number of unbranched alkanes of at least 4 members (excludes halogenated alkanes) is 1. The molecule has 2 aliphatic heterocycles. The Balaban J connectivity index is 1.55. The van der Waals surface area contributed by atoms with Gasteiger partial charge in [0.25, 0.3) is 0 Å². The minimum atomic E-state index is 0.316. The van der Waals surface area contributed by atoms with Gasteiger partial charge in [0.1, 0.15) is 0 Å². The van der Waals surface area contributed by atoms with Gasteiger partial charge in [-0.05, 0) is 56.8 Å². The van der Waals surface area contributed by atoms with Crippen molar-refractivity contribution in [1.82, 2.24) is 9.88 Å². The normalized spacial score (nSPS) is 21.4. The van der Waals surface area contributed by atoms with Crippen LogP contribution in [0.1, 0.15) is 31.2 Å². The van der Waals surface area contributed by atoms with Gasteiger partial charge in [-0.25, -0.2) is 0 Å². The highest BCUT2D eigenvalue weighted by atomic mass is 16.2. The Bertz CT molecular complexity index is 697. The lowest BCUT2D eigenvalue weighted by Gasteiger charge is -2.43. The summed E-state index contributed by atoms with van der Waals surface area (Å²) < 4.78 is 0. The van der Waals surface area contributed by atoms with E-state index in [1.165, 1.54) is 41.4 Å². The number of anilines is 1. The lowest BCUT2D eigenvalue weighted by atomic mass is 9.95. The molecule has 0 bridgehead atoms. The number of likely N-dealkylation sites (tertiary alicyclic amines) is 1. The molecule has 24 heavy (non-hydrogen) atoms. The summed E-state index contributed by atoms with van der Waals surface area (Å²) in [6.07, 6.45) is 9.73. The van der Waals surface area contributed by atoms with Crippen LogP contribution in [0.4, 0.5) is 5.69 Å². The van der Waals surface area contributed by atoms with Crippen LogP contribution in [0.15, 0.2) is 30.6 Å². The summed E-state index contributed by atoms with van der Waals surface area (Å²) in [6, 6.07) is 7.25. The molecule has 2 aliphatic rings. The van der Waals surface area contributed by atoms with Gasteiger partial charge >= 0.3 is 0 Å². The van der Waals surface area contributed by atoms with Gasteiger partial charge in [-0.15, -0.1) is 0 Å². The van der Waals surface area contributed by atoms with Crippen molar-refractivity contribution < 1.29 is 5.11 Å². The van der Waals surface area contributed by atoms with Crippen LogP contribution in [0.3, 0.4) is 0 Å². The SMILES string of the molecule is OCCCCN1CCCC(N2CCc3cncc4cccc2c34)C1. The van der Waals surface area contributed by atoms with Crippen molar-refractivity contribution in [2.24, 2.45) is 0 Å². The molecule has 0 amide bonds. The maximum atomic E-state index is 9.00. The van der Waals surface area contributed by atoms with E-state index in [1.807, 2.05) is 12.4 Å². The predicted octanol–water partition coefficient (Wildman–Crippen LogP) is 2.83. The summed E-state index contributed by atoms with van der Waals surface area (Å²) in [6.45, 7) is 4.90. The molecular formula is C20H27N3O. The van der Waals surface area contributed by atoms with Crippen LogP contribution in [0.25, 0.3) is 10.8 Å².